The number of aryl methyl sites for hydroxylation is 1. The van der Waals surface area contributed by atoms with Crippen molar-refractivity contribution in [2.45, 2.75) is 6.92 Å². The molecule has 0 unspecified atom stereocenters. The molecule has 0 radical (unpaired) electrons. The van der Waals surface area contributed by atoms with Gasteiger partial charge >= 0.3 is 0 Å². The normalized spacial score (nSPS) is 9.71. The van der Waals surface area contributed by atoms with Crippen LogP contribution < -0.4 is 0 Å². The molecule has 0 aliphatic rings. The second-order valence-electron chi connectivity index (χ2n) is 5.05. The van der Waals surface area contributed by atoms with E-state index in [1.165, 1.54) is 12.1 Å². The van der Waals surface area contributed by atoms with Crippen molar-refractivity contribution >= 4 is 0 Å². The molecule has 3 aromatic rings. The van der Waals surface area contributed by atoms with Gasteiger partial charge < -0.3 is 0 Å². The predicted octanol–water partition coefficient (Wildman–Crippen LogP) is 3.26. The highest BCUT2D eigenvalue weighted by Crippen LogP contribution is 2.24. The lowest BCUT2D eigenvalue weighted by atomic mass is 9.98. The van der Waals surface area contributed by atoms with E-state index in [4.69, 9.17) is 0 Å². The molecule has 0 atom stereocenters. The van der Waals surface area contributed by atoms with Gasteiger partial charge in [-0.15, -0.1) is 5.10 Å². The van der Waals surface area contributed by atoms with Crippen molar-refractivity contribution in [1.82, 2.24) is 15.2 Å². The van der Waals surface area contributed by atoms with Crippen LogP contribution in [0.5, 0.6) is 0 Å². The van der Waals surface area contributed by atoms with E-state index in [2.05, 4.69) is 33.1 Å². The van der Waals surface area contributed by atoms with E-state index in [0.29, 0.717) is 17.0 Å². The molecule has 0 saturated carbocycles. The van der Waals surface area contributed by atoms with E-state index < -0.39 is 0 Å². The summed E-state index contributed by atoms with van der Waals surface area (Å²) in [6.07, 6.45) is 1.55. The average Bonchev–Trinajstić information content (AvgIpc) is 2.60. The third-order valence-corrected chi connectivity index (χ3v) is 3.29. The highest BCUT2D eigenvalue weighted by atomic mass is 19.1. The molecular weight excluding hydrogens is 303 g/mol. The summed E-state index contributed by atoms with van der Waals surface area (Å²) in [5, 5.41) is 17.0. The number of nitriles is 1. The molecule has 0 amide bonds. The van der Waals surface area contributed by atoms with E-state index in [1.807, 2.05) is 6.92 Å². The van der Waals surface area contributed by atoms with Gasteiger partial charge in [0.25, 0.3) is 0 Å². The monoisotopic (exact) mass is 314 g/mol. The molecule has 0 spiro atoms. The topological polar surface area (TPSA) is 62.5 Å². The van der Waals surface area contributed by atoms with Crippen molar-refractivity contribution in [2.24, 2.45) is 0 Å². The van der Waals surface area contributed by atoms with Gasteiger partial charge in [-0.05, 0) is 48.2 Å². The van der Waals surface area contributed by atoms with Gasteiger partial charge in [-0.2, -0.15) is 10.4 Å². The van der Waals surface area contributed by atoms with Crippen LogP contribution in [-0.4, -0.2) is 15.2 Å². The molecule has 0 fully saturated rings. The molecule has 114 valence electrons. The largest absolute Gasteiger partial charge is 0.226 e. The van der Waals surface area contributed by atoms with Crippen LogP contribution >= 0.6 is 0 Å². The second-order valence-corrected chi connectivity index (χ2v) is 5.05. The summed E-state index contributed by atoms with van der Waals surface area (Å²) in [6, 6.07) is 13.5. The molecule has 1 heterocycles. The van der Waals surface area contributed by atoms with E-state index >= 15 is 0 Å². The first-order valence-electron chi connectivity index (χ1n) is 7.14. The zero-order valence-electron chi connectivity index (χ0n) is 12.8. The fraction of sp³-hybridized carbons (Fsp3) is 0.0526. The fourth-order valence-electron chi connectivity index (χ4n) is 2.16. The minimum atomic E-state index is -0.313. The maximum absolute atomic E-state index is 13.0. The number of nitrogens with zero attached hydrogens (tertiary/aromatic N) is 4. The second kappa shape index (κ2) is 6.68. The molecule has 0 bridgehead atoms. The SMILES string of the molecule is Cc1cnnc(C#Cc2ccc(-c3ccc(F)cc3)c(C#N)c2)n1. The number of hydrogen-bond donors (Lipinski definition) is 0. The Morgan fingerprint density at radius 1 is 1.04 bits per heavy atom. The quantitative estimate of drug-likeness (QED) is 0.647. The van der Waals surface area contributed by atoms with Crippen LogP contribution in [-0.2, 0) is 0 Å². The maximum atomic E-state index is 13.0. The van der Waals surface area contributed by atoms with E-state index in [9.17, 15) is 9.65 Å². The molecule has 5 heteroatoms. The maximum Gasteiger partial charge on any atom is 0.226 e. The Morgan fingerprint density at radius 3 is 2.54 bits per heavy atom. The van der Waals surface area contributed by atoms with Crippen LogP contribution in [0.1, 0.15) is 22.6 Å². The van der Waals surface area contributed by atoms with Crippen molar-refractivity contribution in [1.29, 1.82) is 5.26 Å². The van der Waals surface area contributed by atoms with Crippen molar-refractivity contribution in [2.75, 3.05) is 0 Å². The summed E-state index contributed by atoms with van der Waals surface area (Å²) in [4.78, 5) is 4.16. The minimum Gasteiger partial charge on any atom is -0.223 e. The summed E-state index contributed by atoms with van der Waals surface area (Å²) in [5.74, 6) is 5.77. The van der Waals surface area contributed by atoms with E-state index in [0.717, 1.165) is 16.8 Å². The fourth-order valence-corrected chi connectivity index (χ4v) is 2.16. The zero-order chi connectivity index (χ0) is 16.9. The highest BCUT2D eigenvalue weighted by molar-refractivity contribution is 5.71. The smallest absolute Gasteiger partial charge is 0.223 e. The summed E-state index contributed by atoms with van der Waals surface area (Å²) in [5.41, 5.74) is 3.38. The third kappa shape index (κ3) is 3.43. The summed E-state index contributed by atoms with van der Waals surface area (Å²) in [7, 11) is 0. The zero-order valence-corrected chi connectivity index (χ0v) is 12.8. The van der Waals surface area contributed by atoms with Gasteiger partial charge in [0.1, 0.15) is 5.82 Å². The van der Waals surface area contributed by atoms with Crippen LogP contribution in [0.3, 0.4) is 0 Å². The molecule has 3 rings (SSSR count). The number of hydrogen-bond acceptors (Lipinski definition) is 4. The molecule has 0 saturated heterocycles. The van der Waals surface area contributed by atoms with Crippen molar-refractivity contribution < 1.29 is 4.39 Å². The lowest BCUT2D eigenvalue weighted by Crippen LogP contribution is -1.94. The Labute approximate surface area is 138 Å². The van der Waals surface area contributed by atoms with Crippen LogP contribution in [0.15, 0.2) is 48.7 Å². The Bertz CT molecular complexity index is 992. The lowest BCUT2D eigenvalue weighted by molar-refractivity contribution is 0.628. The van der Waals surface area contributed by atoms with Gasteiger partial charge in [0.2, 0.25) is 5.82 Å². The summed E-state index contributed by atoms with van der Waals surface area (Å²) < 4.78 is 13.0. The van der Waals surface area contributed by atoms with Gasteiger partial charge in [-0.25, -0.2) is 9.37 Å². The minimum absolute atomic E-state index is 0.313. The van der Waals surface area contributed by atoms with Gasteiger partial charge in [0.05, 0.1) is 23.5 Å². The third-order valence-electron chi connectivity index (χ3n) is 3.29. The van der Waals surface area contributed by atoms with Gasteiger partial charge in [-0.3, -0.25) is 0 Å². The Balaban J connectivity index is 1.96. The summed E-state index contributed by atoms with van der Waals surface area (Å²) in [6.45, 7) is 1.81. The Kier molecular flexibility index (Phi) is 4.27. The standard InChI is InChI=1S/C19H11FN4/c1-13-12-22-24-19(23-13)9-3-14-2-8-18(16(10-14)11-21)15-4-6-17(20)7-5-15/h2,4-8,10,12H,1H3. The number of halogens is 1. The van der Waals surface area contributed by atoms with Crippen LogP contribution in [0.4, 0.5) is 4.39 Å². The first-order valence-corrected chi connectivity index (χ1v) is 7.14. The van der Waals surface area contributed by atoms with Gasteiger partial charge in [0, 0.05) is 5.56 Å². The predicted molar refractivity (Wildman–Crippen MR) is 87.1 cm³/mol. The first kappa shape index (κ1) is 15.3. The van der Waals surface area contributed by atoms with E-state index in [1.54, 1.807) is 36.5 Å². The van der Waals surface area contributed by atoms with E-state index in [-0.39, 0.29) is 5.82 Å². The van der Waals surface area contributed by atoms with Crippen LogP contribution in [0.25, 0.3) is 11.1 Å². The molecular formula is C19H11FN4. The number of aromatic nitrogens is 3. The molecule has 24 heavy (non-hydrogen) atoms. The van der Waals surface area contributed by atoms with Crippen molar-refractivity contribution in [3.05, 3.63) is 77.1 Å². The molecule has 1 aromatic heterocycles. The van der Waals surface area contributed by atoms with Crippen LogP contribution in [0.2, 0.25) is 0 Å². The number of benzene rings is 2. The molecule has 4 nitrogen and oxygen atoms in total. The molecule has 0 aliphatic heterocycles. The first-order chi connectivity index (χ1) is 11.7. The van der Waals surface area contributed by atoms with Crippen molar-refractivity contribution in [3.8, 4) is 29.0 Å². The van der Waals surface area contributed by atoms with Crippen molar-refractivity contribution in [3.63, 3.8) is 0 Å². The molecule has 0 aliphatic carbocycles. The van der Waals surface area contributed by atoms with Gasteiger partial charge in [-0.1, -0.05) is 24.1 Å². The molecule has 2 aromatic carbocycles. The lowest BCUT2D eigenvalue weighted by Gasteiger charge is -2.04. The number of rotatable bonds is 1. The Morgan fingerprint density at radius 2 is 1.83 bits per heavy atom. The average molecular weight is 314 g/mol. The highest BCUT2D eigenvalue weighted by Gasteiger charge is 2.06. The van der Waals surface area contributed by atoms with Gasteiger partial charge in [0.15, 0.2) is 0 Å². The molecule has 0 N–H and O–H groups in total. The van der Waals surface area contributed by atoms with Crippen LogP contribution in [0, 0.1) is 35.9 Å². The summed E-state index contributed by atoms with van der Waals surface area (Å²) >= 11 is 0. The Hall–Kier alpha value is -3.57.